The Morgan fingerprint density at radius 2 is 2.38 bits per heavy atom. The Morgan fingerprint density at radius 3 is 3.06 bits per heavy atom. The predicted octanol–water partition coefficient (Wildman–Crippen LogP) is 1.56. The standard InChI is InChI=1S/C12H20N4/c1-9(2)11-4-3-7-16(11)12-10(8-13)5-6-14-15-12/h5-6,9,11H,3-4,7-8,13H2,1-2H3. The molecule has 4 heteroatoms. The molecule has 1 atom stereocenters. The number of hydrogen-bond acceptors (Lipinski definition) is 4. The maximum Gasteiger partial charge on any atom is 0.156 e. The van der Waals surface area contributed by atoms with Gasteiger partial charge in [-0.3, -0.25) is 0 Å². The van der Waals surface area contributed by atoms with E-state index in [1.165, 1.54) is 12.8 Å². The molecule has 0 amide bonds. The fourth-order valence-electron chi connectivity index (χ4n) is 2.50. The van der Waals surface area contributed by atoms with Crippen LogP contribution < -0.4 is 10.6 Å². The molecule has 1 aromatic rings. The highest BCUT2D eigenvalue weighted by Gasteiger charge is 2.29. The summed E-state index contributed by atoms with van der Waals surface area (Å²) in [5.41, 5.74) is 6.84. The van der Waals surface area contributed by atoms with Gasteiger partial charge in [0.1, 0.15) is 0 Å². The zero-order chi connectivity index (χ0) is 11.5. The number of nitrogens with two attached hydrogens (primary N) is 1. The maximum atomic E-state index is 5.75. The maximum absolute atomic E-state index is 5.75. The summed E-state index contributed by atoms with van der Waals surface area (Å²) in [5.74, 6) is 1.64. The van der Waals surface area contributed by atoms with Gasteiger partial charge in [0.2, 0.25) is 0 Å². The van der Waals surface area contributed by atoms with Gasteiger partial charge < -0.3 is 10.6 Å². The molecular formula is C12H20N4. The second kappa shape index (κ2) is 4.78. The van der Waals surface area contributed by atoms with Crippen LogP contribution in [-0.2, 0) is 6.54 Å². The van der Waals surface area contributed by atoms with Crippen molar-refractivity contribution in [2.75, 3.05) is 11.4 Å². The van der Waals surface area contributed by atoms with E-state index >= 15 is 0 Å². The molecule has 0 aromatic carbocycles. The van der Waals surface area contributed by atoms with Crippen LogP contribution in [0, 0.1) is 5.92 Å². The number of nitrogens with zero attached hydrogens (tertiary/aromatic N) is 3. The highest BCUT2D eigenvalue weighted by atomic mass is 15.3. The fourth-order valence-corrected chi connectivity index (χ4v) is 2.50. The first-order valence-corrected chi connectivity index (χ1v) is 6.01. The van der Waals surface area contributed by atoms with Crippen molar-refractivity contribution in [1.82, 2.24) is 10.2 Å². The summed E-state index contributed by atoms with van der Waals surface area (Å²) in [5, 5.41) is 8.24. The lowest BCUT2D eigenvalue weighted by molar-refractivity contribution is 0.487. The van der Waals surface area contributed by atoms with E-state index in [1.807, 2.05) is 6.07 Å². The molecule has 2 heterocycles. The summed E-state index contributed by atoms with van der Waals surface area (Å²) >= 11 is 0. The summed E-state index contributed by atoms with van der Waals surface area (Å²) in [7, 11) is 0. The molecule has 0 spiro atoms. The molecule has 1 aromatic heterocycles. The van der Waals surface area contributed by atoms with Crippen LogP contribution in [0.3, 0.4) is 0 Å². The first-order chi connectivity index (χ1) is 7.74. The van der Waals surface area contributed by atoms with E-state index in [-0.39, 0.29) is 0 Å². The van der Waals surface area contributed by atoms with Gasteiger partial charge in [-0.25, -0.2) is 0 Å². The second-order valence-electron chi connectivity index (χ2n) is 4.73. The van der Waals surface area contributed by atoms with Crippen molar-refractivity contribution in [3.63, 3.8) is 0 Å². The topological polar surface area (TPSA) is 55.0 Å². The molecule has 1 aliphatic rings. The molecule has 2 rings (SSSR count). The Kier molecular flexibility index (Phi) is 3.39. The van der Waals surface area contributed by atoms with E-state index in [2.05, 4.69) is 28.9 Å². The van der Waals surface area contributed by atoms with Crippen LogP contribution in [0.4, 0.5) is 5.82 Å². The van der Waals surface area contributed by atoms with Gasteiger partial charge >= 0.3 is 0 Å². The molecule has 88 valence electrons. The normalized spacial score (nSPS) is 20.8. The van der Waals surface area contributed by atoms with Crippen LogP contribution in [-0.4, -0.2) is 22.8 Å². The molecular weight excluding hydrogens is 200 g/mol. The Balaban J connectivity index is 2.28. The summed E-state index contributed by atoms with van der Waals surface area (Å²) in [6.07, 6.45) is 4.20. The molecule has 1 aliphatic heterocycles. The molecule has 0 aliphatic carbocycles. The summed E-state index contributed by atoms with van der Waals surface area (Å²) < 4.78 is 0. The quantitative estimate of drug-likeness (QED) is 0.840. The fraction of sp³-hybridized carbons (Fsp3) is 0.667. The highest BCUT2D eigenvalue weighted by Crippen LogP contribution is 2.29. The molecule has 0 saturated carbocycles. The second-order valence-corrected chi connectivity index (χ2v) is 4.73. The van der Waals surface area contributed by atoms with Crippen LogP contribution in [0.5, 0.6) is 0 Å². The largest absolute Gasteiger partial charge is 0.352 e. The van der Waals surface area contributed by atoms with Crippen molar-refractivity contribution < 1.29 is 0 Å². The van der Waals surface area contributed by atoms with Crippen molar-refractivity contribution in [1.29, 1.82) is 0 Å². The first kappa shape index (κ1) is 11.3. The van der Waals surface area contributed by atoms with Gasteiger partial charge in [0, 0.05) is 24.7 Å². The van der Waals surface area contributed by atoms with Gasteiger partial charge in [0.25, 0.3) is 0 Å². The lowest BCUT2D eigenvalue weighted by Gasteiger charge is -2.29. The highest BCUT2D eigenvalue weighted by molar-refractivity contribution is 5.47. The monoisotopic (exact) mass is 220 g/mol. The van der Waals surface area contributed by atoms with Crippen molar-refractivity contribution in [3.05, 3.63) is 17.8 Å². The first-order valence-electron chi connectivity index (χ1n) is 6.01. The smallest absolute Gasteiger partial charge is 0.156 e. The average Bonchev–Trinajstić information content (AvgIpc) is 2.77. The van der Waals surface area contributed by atoms with Crippen molar-refractivity contribution >= 4 is 5.82 Å². The molecule has 16 heavy (non-hydrogen) atoms. The number of rotatable bonds is 3. The summed E-state index contributed by atoms with van der Waals surface area (Å²) in [4.78, 5) is 2.37. The molecule has 2 N–H and O–H groups in total. The predicted molar refractivity (Wildman–Crippen MR) is 65.1 cm³/mol. The minimum Gasteiger partial charge on any atom is -0.352 e. The van der Waals surface area contributed by atoms with Crippen molar-refractivity contribution in [3.8, 4) is 0 Å². The third-order valence-corrected chi connectivity index (χ3v) is 3.34. The van der Waals surface area contributed by atoms with Crippen LogP contribution in [0.1, 0.15) is 32.3 Å². The summed E-state index contributed by atoms with van der Waals surface area (Å²) in [6.45, 7) is 6.14. The minimum atomic E-state index is 0.534. The molecule has 1 fully saturated rings. The summed E-state index contributed by atoms with van der Waals surface area (Å²) in [6, 6.07) is 2.56. The molecule has 0 bridgehead atoms. The van der Waals surface area contributed by atoms with Gasteiger partial charge in [0.15, 0.2) is 5.82 Å². The molecule has 4 nitrogen and oxygen atoms in total. The van der Waals surface area contributed by atoms with Gasteiger partial charge in [-0.1, -0.05) is 13.8 Å². The lowest BCUT2D eigenvalue weighted by atomic mass is 10.0. The zero-order valence-corrected chi connectivity index (χ0v) is 10.1. The number of anilines is 1. The zero-order valence-electron chi connectivity index (χ0n) is 10.1. The van der Waals surface area contributed by atoms with E-state index in [1.54, 1.807) is 6.20 Å². The molecule has 0 radical (unpaired) electrons. The Morgan fingerprint density at radius 1 is 1.56 bits per heavy atom. The molecule has 1 unspecified atom stereocenters. The Hall–Kier alpha value is -1.16. The van der Waals surface area contributed by atoms with E-state index < -0.39 is 0 Å². The molecule has 1 saturated heterocycles. The van der Waals surface area contributed by atoms with E-state index in [4.69, 9.17) is 5.73 Å². The Bertz CT molecular complexity index is 351. The lowest BCUT2D eigenvalue weighted by Crippen LogP contribution is -2.35. The minimum absolute atomic E-state index is 0.534. The van der Waals surface area contributed by atoms with Gasteiger partial charge in [-0.05, 0) is 24.8 Å². The van der Waals surface area contributed by atoms with Crippen LogP contribution in [0.15, 0.2) is 12.3 Å². The Labute approximate surface area is 96.9 Å². The number of aromatic nitrogens is 2. The van der Waals surface area contributed by atoms with Crippen LogP contribution in [0.2, 0.25) is 0 Å². The van der Waals surface area contributed by atoms with E-state index in [0.717, 1.165) is 17.9 Å². The average molecular weight is 220 g/mol. The van der Waals surface area contributed by atoms with Crippen LogP contribution in [0.25, 0.3) is 0 Å². The number of hydrogen-bond donors (Lipinski definition) is 1. The third kappa shape index (κ3) is 2.02. The van der Waals surface area contributed by atoms with Gasteiger partial charge in [0.05, 0.1) is 6.20 Å². The van der Waals surface area contributed by atoms with Gasteiger partial charge in [-0.2, -0.15) is 5.10 Å². The van der Waals surface area contributed by atoms with Crippen LogP contribution >= 0.6 is 0 Å². The van der Waals surface area contributed by atoms with E-state index in [9.17, 15) is 0 Å². The van der Waals surface area contributed by atoms with Crippen molar-refractivity contribution in [2.24, 2.45) is 11.7 Å². The van der Waals surface area contributed by atoms with E-state index in [0.29, 0.717) is 18.5 Å². The SMILES string of the molecule is CC(C)C1CCCN1c1nnccc1CN. The van der Waals surface area contributed by atoms with Crippen molar-refractivity contribution in [2.45, 2.75) is 39.3 Å². The third-order valence-electron chi connectivity index (χ3n) is 3.34. The van der Waals surface area contributed by atoms with Gasteiger partial charge in [-0.15, -0.1) is 5.10 Å².